The molecule has 162 valence electrons. The van der Waals surface area contributed by atoms with Crippen LogP contribution in [0.3, 0.4) is 0 Å². The van der Waals surface area contributed by atoms with E-state index in [1.165, 1.54) is 12.1 Å². The number of hydrogen-bond donors (Lipinski definition) is 1. The van der Waals surface area contributed by atoms with Gasteiger partial charge in [-0.25, -0.2) is 9.59 Å². The van der Waals surface area contributed by atoms with Gasteiger partial charge < -0.3 is 19.2 Å². The van der Waals surface area contributed by atoms with Crippen LogP contribution >= 0.6 is 0 Å². The van der Waals surface area contributed by atoms with E-state index >= 15 is 0 Å². The average molecular weight is 423 g/mol. The predicted molar refractivity (Wildman–Crippen MR) is 117 cm³/mol. The molecule has 3 aromatic rings. The summed E-state index contributed by atoms with van der Waals surface area (Å²) in [6.45, 7) is 6.04. The topological polar surface area (TPSA) is 94.8 Å². The fourth-order valence-corrected chi connectivity index (χ4v) is 3.11. The number of amides is 1. The molecule has 0 saturated heterocycles. The van der Waals surface area contributed by atoms with Gasteiger partial charge in [0.05, 0.1) is 0 Å². The number of aryl methyl sites for hydroxylation is 2. The molecule has 7 nitrogen and oxygen atoms in total. The van der Waals surface area contributed by atoms with Crippen molar-refractivity contribution in [2.45, 2.75) is 33.6 Å². The van der Waals surface area contributed by atoms with Crippen molar-refractivity contribution in [2.24, 2.45) is 0 Å². The van der Waals surface area contributed by atoms with E-state index in [1.807, 2.05) is 39.0 Å². The third-order valence-electron chi connectivity index (χ3n) is 4.74. The number of esters is 1. The first-order chi connectivity index (χ1) is 14.9. The second kappa shape index (κ2) is 9.93. The molecule has 0 radical (unpaired) electrons. The first kappa shape index (κ1) is 22.1. The van der Waals surface area contributed by atoms with Crippen molar-refractivity contribution < 1.29 is 23.5 Å². The van der Waals surface area contributed by atoms with Gasteiger partial charge in [-0.3, -0.25) is 4.79 Å². The van der Waals surface area contributed by atoms with Crippen molar-refractivity contribution in [1.82, 2.24) is 5.32 Å². The number of rotatable bonds is 8. The quantitative estimate of drug-likeness (QED) is 0.255. The van der Waals surface area contributed by atoms with Crippen LogP contribution in [0.15, 0.2) is 51.7 Å². The lowest BCUT2D eigenvalue weighted by Gasteiger charge is -2.11. The molecule has 0 unspecified atom stereocenters. The number of fused-ring (bicyclic) bond motifs is 1. The molecule has 31 heavy (non-hydrogen) atoms. The lowest BCUT2D eigenvalue weighted by atomic mass is 10.1. The Morgan fingerprint density at radius 3 is 2.52 bits per heavy atom. The van der Waals surface area contributed by atoms with Crippen LogP contribution in [0.1, 0.15) is 41.3 Å². The van der Waals surface area contributed by atoms with Gasteiger partial charge in [0.2, 0.25) is 0 Å². The molecule has 1 heterocycles. The van der Waals surface area contributed by atoms with Crippen LogP contribution in [0.25, 0.3) is 11.0 Å². The van der Waals surface area contributed by atoms with Gasteiger partial charge in [-0.2, -0.15) is 0 Å². The molecule has 0 aliphatic rings. The molecule has 0 aliphatic heterocycles. The van der Waals surface area contributed by atoms with Crippen molar-refractivity contribution in [3.63, 3.8) is 0 Å². The molecule has 2 aromatic carbocycles. The number of ether oxygens (including phenoxy) is 2. The first-order valence-corrected chi connectivity index (χ1v) is 10.1. The molecular formula is C24H25NO6. The summed E-state index contributed by atoms with van der Waals surface area (Å²) in [5.74, 6) is -0.195. The summed E-state index contributed by atoms with van der Waals surface area (Å²) >= 11 is 0. The molecule has 1 N–H and O–H groups in total. The molecule has 0 spiro atoms. The summed E-state index contributed by atoms with van der Waals surface area (Å²) in [4.78, 5) is 36.6. The largest absolute Gasteiger partial charge is 0.481 e. The fraction of sp³-hybridized carbons (Fsp3) is 0.292. The minimum Gasteiger partial charge on any atom is -0.481 e. The Hall–Kier alpha value is -3.61. The van der Waals surface area contributed by atoms with Gasteiger partial charge in [0, 0.05) is 18.0 Å². The van der Waals surface area contributed by atoms with Crippen molar-refractivity contribution >= 4 is 22.8 Å². The van der Waals surface area contributed by atoms with Crippen molar-refractivity contribution in [3.05, 3.63) is 69.6 Å². The Morgan fingerprint density at radius 2 is 1.81 bits per heavy atom. The number of unbranched alkanes of at least 4 members (excludes halogenated alkanes) is 1. The Labute approximate surface area is 180 Å². The second-order valence-electron chi connectivity index (χ2n) is 7.24. The summed E-state index contributed by atoms with van der Waals surface area (Å²) in [6.07, 6.45) is 1.76. The van der Waals surface area contributed by atoms with Crippen LogP contribution in [0.5, 0.6) is 11.5 Å². The Kier molecular flexibility index (Phi) is 7.07. The van der Waals surface area contributed by atoms with Crippen molar-refractivity contribution in [1.29, 1.82) is 0 Å². The lowest BCUT2D eigenvalue weighted by molar-refractivity contribution is -0.136. The van der Waals surface area contributed by atoms with Crippen LogP contribution in [0, 0.1) is 13.8 Å². The zero-order valence-electron chi connectivity index (χ0n) is 17.8. The normalized spacial score (nSPS) is 10.7. The standard InChI is InChI=1S/C24H25NO6/c1-4-5-11-25-23(27)19-12-17-9-10-18(13-20(17)31-24(19)28)30-21(26)14-29-22-15(2)7-6-8-16(22)3/h6-10,12-13H,4-5,11,14H2,1-3H3,(H,25,27). The number of carbonyl (C=O) groups excluding carboxylic acids is 2. The van der Waals surface area contributed by atoms with Gasteiger partial charge >= 0.3 is 11.6 Å². The van der Waals surface area contributed by atoms with E-state index in [4.69, 9.17) is 13.9 Å². The van der Waals surface area contributed by atoms with Gasteiger partial charge in [0.15, 0.2) is 6.61 Å². The summed E-state index contributed by atoms with van der Waals surface area (Å²) in [5, 5.41) is 3.24. The zero-order chi connectivity index (χ0) is 22.4. The molecule has 0 bridgehead atoms. The van der Waals surface area contributed by atoms with E-state index in [1.54, 1.807) is 12.1 Å². The maximum absolute atomic E-state index is 12.2. The highest BCUT2D eigenvalue weighted by Crippen LogP contribution is 2.23. The Morgan fingerprint density at radius 1 is 1.06 bits per heavy atom. The third kappa shape index (κ3) is 5.51. The van der Waals surface area contributed by atoms with E-state index in [2.05, 4.69) is 5.32 Å². The maximum atomic E-state index is 12.2. The molecule has 0 aliphatic carbocycles. The molecular weight excluding hydrogens is 398 g/mol. The molecule has 1 aromatic heterocycles. The van der Waals surface area contributed by atoms with Crippen LogP contribution in [-0.2, 0) is 4.79 Å². The van der Waals surface area contributed by atoms with E-state index in [9.17, 15) is 14.4 Å². The lowest BCUT2D eigenvalue weighted by Crippen LogP contribution is -2.28. The molecule has 0 atom stereocenters. The number of para-hydroxylation sites is 1. The van der Waals surface area contributed by atoms with E-state index < -0.39 is 17.5 Å². The highest BCUT2D eigenvalue weighted by Gasteiger charge is 2.15. The van der Waals surface area contributed by atoms with Gasteiger partial charge in [-0.05, 0) is 49.6 Å². The molecule has 0 fully saturated rings. The van der Waals surface area contributed by atoms with Crippen LogP contribution < -0.4 is 20.4 Å². The zero-order valence-corrected chi connectivity index (χ0v) is 17.8. The van der Waals surface area contributed by atoms with Crippen LogP contribution in [-0.4, -0.2) is 25.0 Å². The van der Waals surface area contributed by atoms with Gasteiger partial charge in [0.1, 0.15) is 22.6 Å². The molecule has 1 amide bonds. The third-order valence-corrected chi connectivity index (χ3v) is 4.74. The van der Waals surface area contributed by atoms with Gasteiger partial charge in [-0.15, -0.1) is 0 Å². The van der Waals surface area contributed by atoms with Gasteiger partial charge in [-0.1, -0.05) is 31.5 Å². The SMILES string of the molecule is CCCCNC(=O)c1cc2ccc(OC(=O)COc3c(C)cccc3C)cc2oc1=O. The van der Waals surface area contributed by atoms with E-state index in [0.29, 0.717) is 17.7 Å². The second-order valence-corrected chi connectivity index (χ2v) is 7.24. The first-order valence-electron chi connectivity index (χ1n) is 10.1. The summed E-state index contributed by atoms with van der Waals surface area (Å²) in [6, 6.07) is 11.8. The minimum absolute atomic E-state index is 0.0599. The fourth-order valence-electron chi connectivity index (χ4n) is 3.11. The van der Waals surface area contributed by atoms with Crippen molar-refractivity contribution in [3.8, 4) is 11.5 Å². The summed E-state index contributed by atoms with van der Waals surface area (Å²) in [7, 11) is 0. The number of carbonyl (C=O) groups is 2. The minimum atomic E-state index is -0.747. The van der Waals surface area contributed by atoms with Crippen molar-refractivity contribution in [2.75, 3.05) is 13.2 Å². The van der Waals surface area contributed by atoms with Crippen LogP contribution in [0.4, 0.5) is 0 Å². The Balaban J connectivity index is 1.69. The maximum Gasteiger partial charge on any atom is 0.349 e. The van der Waals surface area contributed by atoms with Crippen LogP contribution in [0.2, 0.25) is 0 Å². The monoisotopic (exact) mass is 423 g/mol. The predicted octanol–water partition coefficient (Wildman–Crippen LogP) is 3.92. The average Bonchev–Trinajstić information content (AvgIpc) is 2.73. The number of hydrogen-bond acceptors (Lipinski definition) is 6. The highest BCUT2D eigenvalue weighted by molar-refractivity contribution is 5.96. The number of nitrogens with one attached hydrogen (secondary N) is 1. The molecule has 0 saturated carbocycles. The Bertz CT molecular complexity index is 1140. The highest BCUT2D eigenvalue weighted by atomic mass is 16.6. The number of benzene rings is 2. The van der Waals surface area contributed by atoms with Gasteiger partial charge in [0.25, 0.3) is 5.91 Å². The smallest absolute Gasteiger partial charge is 0.349 e. The van der Waals surface area contributed by atoms with E-state index in [0.717, 1.165) is 24.0 Å². The molecule has 7 heteroatoms. The molecule has 3 rings (SSSR count). The summed E-state index contributed by atoms with van der Waals surface area (Å²) < 4.78 is 16.2. The van der Waals surface area contributed by atoms with E-state index in [-0.39, 0.29) is 23.5 Å². The summed E-state index contributed by atoms with van der Waals surface area (Å²) in [5.41, 5.74) is 1.26.